The number of hydrogen-bond acceptors (Lipinski definition) is 1. The van der Waals surface area contributed by atoms with E-state index in [-0.39, 0.29) is 25.9 Å². The van der Waals surface area contributed by atoms with Crippen molar-refractivity contribution in [3.05, 3.63) is 0 Å². The molecule has 0 aromatic carbocycles. The first kappa shape index (κ1) is 20.2. The van der Waals surface area contributed by atoms with E-state index >= 15 is 0 Å². The number of hydrogen-bond donors (Lipinski definition) is 0. The zero-order valence-corrected chi connectivity index (χ0v) is 4.87. The normalized spacial score (nSPS) is 0.750. The van der Waals surface area contributed by atoms with Crippen LogP contribution in [-0.4, -0.2) is 16.2 Å². The van der Waals surface area contributed by atoms with Crippen molar-refractivity contribution in [2.75, 3.05) is 0 Å². The predicted molar refractivity (Wildman–Crippen MR) is 24.1 cm³/mol. The fourth-order valence-electron chi connectivity index (χ4n) is 0. The first-order valence-corrected chi connectivity index (χ1v) is 0.707. The molecule has 0 N–H and O–H groups in total. The average molecular weight is 114 g/mol. The molecular weight excluding hydrogens is 111 g/mol. The molecule has 4 heavy (non-hydrogen) atoms. The van der Waals surface area contributed by atoms with E-state index in [1.165, 1.54) is 16.2 Å². The minimum atomic E-state index is 0. The Morgan fingerprint density at radius 1 is 1.25 bits per heavy atom. The molecule has 0 aliphatic carbocycles. The van der Waals surface area contributed by atoms with E-state index in [2.05, 4.69) is 0 Å². The molecule has 0 saturated carbocycles. The Morgan fingerprint density at radius 3 is 1.25 bits per heavy atom. The summed E-state index contributed by atoms with van der Waals surface area (Å²) < 4.78 is 8.17. The maximum absolute atomic E-state index is 8.17. The van der Waals surface area contributed by atoms with Gasteiger partial charge in [-0.25, -0.2) is 0 Å². The molecular formula is H3AlClOS. The molecule has 0 aliphatic rings. The molecule has 0 spiro atoms. The van der Waals surface area contributed by atoms with E-state index in [4.69, 9.17) is 3.80 Å². The second-order valence-corrected chi connectivity index (χ2v) is 0. The van der Waals surface area contributed by atoms with Crippen molar-refractivity contribution in [1.82, 2.24) is 0 Å². The van der Waals surface area contributed by atoms with Crippen LogP contribution in [0.4, 0.5) is 0 Å². The van der Waals surface area contributed by atoms with Crippen LogP contribution in [0.5, 0.6) is 0 Å². The van der Waals surface area contributed by atoms with Crippen molar-refractivity contribution in [3.63, 3.8) is 0 Å². The number of halogens is 1. The third-order valence-electron chi connectivity index (χ3n) is 0. The van der Waals surface area contributed by atoms with Gasteiger partial charge < -0.3 is 0 Å². The van der Waals surface area contributed by atoms with Crippen molar-refractivity contribution in [3.8, 4) is 0 Å². The van der Waals surface area contributed by atoms with Crippen LogP contribution in [0, 0.1) is 0 Å². The molecule has 0 unspecified atom stereocenters. The van der Waals surface area contributed by atoms with Crippen LogP contribution in [0.2, 0.25) is 0 Å². The first-order valence-electron chi connectivity index (χ1n) is 0.236. The van der Waals surface area contributed by atoms with E-state index < -0.39 is 0 Å². The maximum atomic E-state index is 8.17. The van der Waals surface area contributed by atoms with Crippen LogP contribution >= 0.6 is 25.9 Å². The third kappa shape index (κ3) is 12.2. The molecule has 0 atom stereocenters. The summed E-state index contributed by atoms with van der Waals surface area (Å²) in [7, 11) is 0. The predicted octanol–water partition coefficient (Wildman–Crippen LogP) is 0.0350. The molecule has 0 amide bonds. The molecule has 0 heterocycles. The Morgan fingerprint density at radius 2 is 1.25 bits per heavy atom. The van der Waals surface area contributed by atoms with Gasteiger partial charge in [-0.1, -0.05) is 0 Å². The van der Waals surface area contributed by atoms with E-state index in [1.807, 2.05) is 0 Å². The van der Waals surface area contributed by atoms with Crippen LogP contribution in [0.1, 0.15) is 0 Å². The zero-order valence-electron chi connectivity index (χ0n) is 1.89. The topological polar surface area (TPSA) is 17.1 Å². The molecule has 1 nitrogen and oxygen atoms in total. The van der Waals surface area contributed by atoms with E-state index in [0.717, 1.165) is 0 Å². The summed E-state index contributed by atoms with van der Waals surface area (Å²) in [6, 6.07) is 0. The second-order valence-electron chi connectivity index (χ2n) is 0. The third-order valence-corrected chi connectivity index (χ3v) is 0. The van der Waals surface area contributed by atoms with Crippen LogP contribution in [0.25, 0.3) is 0 Å². The summed E-state index contributed by atoms with van der Waals surface area (Å²) in [6.45, 7) is 0. The van der Waals surface area contributed by atoms with Gasteiger partial charge in [0, 0.05) is 0 Å². The summed E-state index contributed by atoms with van der Waals surface area (Å²) in [4.78, 5) is 0. The molecule has 0 fully saturated rings. The molecule has 25 valence electrons. The molecule has 4 heteroatoms. The standard InChI is InChI=1S/Al.ClH.O.H2S/h;1H;;1H2. The van der Waals surface area contributed by atoms with Crippen molar-refractivity contribution < 1.29 is 3.80 Å². The molecule has 0 saturated heterocycles. The van der Waals surface area contributed by atoms with Crippen molar-refractivity contribution in [2.45, 2.75) is 0 Å². The van der Waals surface area contributed by atoms with Crippen molar-refractivity contribution in [2.24, 2.45) is 0 Å². The Labute approximate surface area is 46.3 Å². The van der Waals surface area contributed by atoms with Gasteiger partial charge in [0.05, 0.1) is 0 Å². The SMILES string of the molecule is Cl.S.[O]=[Al]. The van der Waals surface area contributed by atoms with Gasteiger partial charge in [0.25, 0.3) is 0 Å². The minimum absolute atomic E-state index is 0. The Hall–Kier alpha value is 0.972. The molecule has 0 aromatic heterocycles. The van der Waals surface area contributed by atoms with Gasteiger partial charge in [0.2, 0.25) is 0 Å². The monoisotopic (exact) mass is 113 g/mol. The van der Waals surface area contributed by atoms with Crippen LogP contribution in [0.15, 0.2) is 0 Å². The van der Waals surface area contributed by atoms with Crippen LogP contribution in [0.3, 0.4) is 0 Å². The van der Waals surface area contributed by atoms with E-state index in [0.29, 0.717) is 0 Å². The molecule has 0 bridgehead atoms. The Kier molecular flexibility index (Phi) is 187. The van der Waals surface area contributed by atoms with Crippen LogP contribution < -0.4 is 0 Å². The van der Waals surface area contributed by atoms with Gasteiger partial charge in [-0.2, -0.15) is 13.5 Å². The fourth-order valence-corrected chi connectivity index (χ4v) is 0. The van der Waals surface area contributed by atoms with E-state index in [1.54, 1.807) is 0 Å². The van der Waals surface area contributed by atoms with Crippen molar-refractivity contribution in [1.29, 1.82) is 0 Å². The Balaban J connectivity index is -0.00000000500. The van der Waals surface area contributed by atoms with Gasteiger partial charge in [-0.15, -0.1) is 12.4 Å². The summed E-state index contributed by atoms with van der Waals surface area (Å²) in [6.07, 6.45) is 0. The Bertz CT molecular complexity index is 8.00. The summed E-state index contributed by atoms with van der Waals surface area (Å²) in [5.41, 5.74) is 0. The summed E-state index contributed by atoms with van der Waals surface area (Å²) >= 11 is 1.17. The average Bonchev–Trinajstić information content (AvgIpc) is 1.00. The summed E-state index contributed by atoms with van der Waals surface area (Å²) in [5.74, 6) is 0. The van der Waals surface area contributed by atoms with Gasteiger partial charge in [-0.05, 0) is 0 Å². The fraction of sp³-hybridized carbons (Fsp3) is 0. The molecule has 0 rings (SSSR count). The zero-order chi connectivity index (χ0) is 2.00. The molecule has 1 radical (unpaired) electrons. The summed E-state index contributed by atoms with van der Waals surface area (Å²) in [5, 5.41) is 0. The van der Waals surface area contributed by atoms with E-state index in [9.17, 15) is 0 Å². The number of rotatable bonds is 0. The van der Waals surface area contributed by atoms with Crippen molar-refractivity contribution >= 4 is 42.1 Å². The quantitative estimate of drug-likeness (QED) is 0.405. The first-order chi connectivity index (χ1) is 1.00. The van der Waals surface area contributed by atoms with Gasteiger partial charge >= 0.3 is 20.0 Å². The van der Waals surface area contributed by atoms with Crippen LogP contribution in [-0.2, 0) is 3.80 Å². The van der Waals surface area contributed by atoms with Gasteiger partial charge in [0.1, 0.15) is 0 Å². The van der Waals surface area contributed by atoms with Gasteiger partial charge in [-0.3, -0.25) is 0 Å². The molecule has 0 aromatic rings. The molecule has 0 aliphatic heterocycles. The second kappa shape index (κ2) is 37.1. The van der Waals surface area contributed by atoms with Gasteiger partial charge in [0.15, 0.2) is 0 Å².